The van der Waals surface area contributed by atoms with Crippen LogP contribution in [0.1, 0.15) is 60.5 Å². The Balaban J connectivity index is 1.95. The molecule has 30 heavy (non-hydrogen) atoms. The SMILES string of the molecule is CCSc1nc(C(C)CC)n(Cc2ccc(-c3ccccc3C(=O)O)cc2)c1CO. The fraction of sp³-hybridized carbons (Fsp3) is 0.333. The van der Waals surface area contributed by atoms with Gasteiger partial charge in [-0.15, -0.1) is 11.8 Å². The fourth-order valence-corrected chi connectivity index (χ4v) is 4.29. The molecule has 1 aromatic heterocycles. The van der Waals surface area contributed by atoms with Crippen LogP contribution in [-0.2, 0) is 13.2 Å². The van der Waals surface area contributed by atoms with Crippen LogP contribution in [0.2, 0.25) is 0 Å². The lowest BCUT2D eigenvalue weighted by Crippen LogP contribution is -2.11. The van der Waals surface area contributed by atoms with E-state index in [0.29, 0.717) is 23.6 Å². The van der Waals surface area contributed by atoms with E-state index >= 15 is 0 Å². The lowest BCUT2D eigenvalue weighted by molar-refractivity contribution is 0.0697. The van der Waals surface area contributed by atoms with Crippen LogP contribution in [0, 0.1) is 0 Å². The molecule has 0 bridgehead atoms. The van der Waals surface area contributed by atoms with Crippen LogP contribution in [0.15, 0.2) is 53.6 Å². The van der Waals surface area contributed by atoms with Crippen molar-refractivity contribution in [3.05, 3.63) is 71.2 Å². The quantitative estimate of drug-likeness (QED) is 0.449. The van der Waals surface area contributed by atoms with Gasteiger partial charge in [-0.25, -0.2) is 9.78 Å². The number of hydrogen-bond donors (Lipinski definition) is 2. The summed E-state index contributed by atoms with van der Waals surface area (Å²) in [5.41, 5.74) is 3.81. The molecule has 3 rings (SSSR count). The third-order valence-electron chi connectivity index (χ3n) is 5.31. The fourth-order valence-electron chi connectivity index (χ4n) is 3.52. The Morgan fingerprint density at radius 1 is 1.13 bits per heavy atom. The van der Waals surface area contributed by atoms with Crippen molar-refractivity contribution < 1.29 is 15.0 Å². The maximum Gasteiger partial charge on any atom is 0.336 e. The van der Waals surface area contributed by atoms with Crippen molar-refractivity contribution in [1.82, 2.24) is 9.55 Å². The standard InChI is InChI=1S/C24H28N2O3S/c1-4-16(3)22-25-23(30-5-2)21(15-27)26(22)14-17-10-12-18(13-11-17)19-8-6-7-9-20(19)24(28)29/h6-13,16,27H,4-5,14-15H2,1-3H3,(H,28,29). The molecular formula is C24H28N2O3S. The van der Waals surface area contributed by atoms with Crippen LogP contribution in [0.4, 0.5) is 0 Å². The topological polar surface area (TPSA) is 75.4 Å². The smallest absolute Gasteiger partial charge is 0.336 e. The molecule has 0 saturated heterocycles. The number of aromatic nitrogens is 2. The second-order valence-corrected chi connectivity index (χ2v) is 8.51. The minimum absolute atomic E-state index is 0.0458. The Morgan fingerprint density at radius 3 is 2.43 bits per heavy atom. The minimum atomic E-state index is -0.931. The van der Waals surface area contributed by atoms with E-state index in [1.165, 1.54) is 0 Å². The van der Waals surface area contributed by atoms with E-state index in [9.17, 15) is 15.0 Å². The third-order valence-corrected chi connectivity index (χ3v) is 6.20. The van der Waals surface area contributed by atoms with Gasteiger partial charge in [0.25, 0.3) is 0 Å². The number of benzene rings is 2. The van der Waals surface area contributed by atoms with Gasteiger partial charge in [-0.05, 0) is 34.9 Å². The van der Waals surface area contributed by atoms with E-state index in [-0.39, 0.29) is 6.61 Å². The van der Waals surface area contributed by atoms with E-state index in [2.05, 4.69) is 25.3 Å². The molecule has 1 atom stereocenters. The number of carbonyl (C=O) groups is 1. The molecule has 0 aliphatic rings. The highest BCUT2D eigenvalue weighted by atomic mass is 32.2. The molecule has 1 unspecified atom stereocenters. The number of carboxylic acids is 1. The van der Waals surface area contributed by atoms with E-state index in [0.717, 1.165) is 39.8 Å². The Bertz CT molecular complexity index is 1010. The van der Waals surface area contributed by atoms with E-state index in [4.69, 9.17) is 4.98 Å². The summed E-state index contributed by atoms with van der Waals surface area (Å²) in [5, 5.41) is 20.4. The molecule has 0 fully saturated rings. The molecule has 0 radical (unpaired) electrons. The molecule has 0 amide bonds. The summed E-state index contributed by atoms with van der Waals surface area (Å²) in [6, 6.07) is 15.0. The number of rotatable bonds is 9. The van der Waals surface area contributed by atoms with Crippen molar-refractivity contribution in [2.75, 3.05) is 5.75 Å². The number of nitrogens with zero attached hydrogens (tertiary/aromatic N) is 2. The van der Waals surface area contributed by atoms with Crippen molar-refractivity contribution >= 4 is 17.7 Å². The van der Waals surface area contributed by atoms with Crippen molar-refractivity contribution in [3.63, 3.8) is 0 Å². The van der Waals surface area contributed by atoms with Crippen LogP contribution < -0.4 is 0 Å². The lowest BCUT2D eigenvalue weighted by atomic mass is 9.98. The molecule has 0 saturated carbocycles. The molecule has 5 nitrogen and oxygen atoms in total. The van der Waals surface area contributed by atoms with E-state index < -0.39 is 5.97 Å². The number of aliphatic hydroxyl groups is 1. The van der Waals surface area contributed by atoms with Gasteiger partial charge in [-0.2, -0.15) is 0 Å². The van der Waals surface area contributed by atoms with Crippen molar-refractivity contribution in [1.29, 1.82) is 0 Å². The van der Waals surface area contributed by atoms with Gasteiger partial charge in [-0.3, -0.25) is 0 Å². The maximum atomic E-state index is 11.5. The number of aliphatic hydroxyl groups excluding tert-OH is 1. The first-order chi connectivity index (χ1) is 14.5. The highest BCUT2D eigenvalue weighted by molar-refractivity contribution is 7.99. The highest BCUT2D eigenvalue weighted by Gasteiger charge is 2.20. The molecular weight excluding hydrogens is 396 g/mol. The summed E-state index contributed by atoms with van der Waals surface area (Å²) in [5.74, 6) is 1.27. The maximum absolute atomic E-state index is 11.5. The Kier molecular flexibility index (Phi) is 7.34. The van der Waals surface area contributed by atoms with E-state index in [1.807, 2.05) is 36.4 Å². The number of imidazole rings is 1. The van der Waals surface area contributed by atoms with Gasteiger partial charge in [0.2, 0.25) is 0 Å². The van der Waals surface area contributed by atoms with Gasteiger partial charge in [0.15, 0.2) is 0 Å². The van der Waals surface area contributed by atoms with Gasteiger partial charge >= 0.3 is 5.97 Å². The minimum Gasteiger partial charge on any atom is -0.478 e. The van der Waals surface area contributed by atoms with Gasteiger partial charge in [0.1, 0.15) is 10.9 Å². The zero-order chi connectivity index (χ0) is 21.7. The number of thioether (sulfide) groups is 1. The number of hydrogen-bond acceptors (Lipinski definition) is 4. The molecule has 3 aromatic rings. The van der Waals surface area contributed by atoms with Gasteiger partial charge in [0, 0.05) is 12.5 Å². The highest BCUT2D eigenvalue weighted by Crippen LogP contribution is 2.30. The molecule has 0 aliphatic heterocycles. The Morgan fingerprint density at radius 2 is 1.83 bits per heavy atom. The summed E-state index contributed by atoms with van der Waals surface area (Å²) in [6.07, 6.45) is 0.975. The largest absolute Gasteiger partial charge is 0.478 e. The second kappa shape index (κ2) is 9.96. The lowest BCUT2D eigenvalue weighted by Gasteiger charge is -2.15. The van der Waals surface area contributed by atoms with Crippen LogP contribution in [-0.4, -0.2) is 31.5 Å². The summed E-state index contributed by atoms with van der Waals surface area (Å²) >= 11 is 1.66. The molecule has 1 heterocycles. The number of carboxylic acid groups (broad SMARTS) is 1. The molecule has 158 valence electrons. The summed E-state index contributed by atoms with van der Waals surface area (Å²) in [4.78, 5) is 16.4. The average molecular weight is 425 g/mol. The second-order valence-electron chi connectivity index (χ2n) is 7.26. The van der Waals surface area contributed by atoms with Crippen LogP contribution in [0.3, 0.4) is 0 Å². The summed E-state index contributed by atoms with van der Waals surface area (Å²) < 4.78 is 2.13. The Hall–Kier alpha value is -2.57. The third kappa shape index (κ3) is 4.60. The zero-order valence-electron chi connectivity index (χ0n) is 17.6. The first kappa shape index (κ1) is 22.1. The van der Waals surface area contributed by atoms with Gasteiger partial charge in [-0.1, -0.05) is 63.2 Å². The predicted octanol–water partition coefficient (Wildman–Crippen LogP) is 5.41. The van der Waals surface area contributed by atoms with Crippen LogP contribution >= 0.6 is 11.8 Å². The van der Waals surface area contributed by atoms with Crippen LogP contribution in [0.5, 0.6) is 0 Å². The molecule has 2 aromatic carbocycles. The summed E-state index contributed by atoms with van der Waals surface area (Å²) in [7, 11) is 0. The zero-order valence-corrected chi connectivity index (χ0v) is 18.4. The van der Waals surface area contributed by atoms with Gasteiger partial charge < -0.3 is 14.8 Å². The van der Waals surface area contributed by atoms with Gasteiger partial charge in [0.05, 0.1) is 17.9 Å². The molecule has 0 aliphatic carbocycles. The van der Waals surface area contributed by atoms with E-state index in [1.54, 1.807) is 23.9 Å². The number of aromatic carboxylic acids is 1. The summed E-state index contributed by atoms with van der Waals surface area (Å²) in [6.45, 7) is 6.96. The van der Waals surface area contributed by atoms with Crippen molar-refractivity contribution in [2.24, 2.45) is 0 Å². The molecule has 0 spiro atoms. The molecule has 2 N–H and O–H groups in total. The van der Waals surface area contributed by atoms with Crippen molar-refractivity contribution in [3.8, 4) is 11.1 Å². The average Bonchev–Trinajstić information content (AvgIpc) is 3.10. The Labute approximate surface area is 181 Å². The molecule has 6 heteroatoms. The first-order valence-electron chi connectivity index (χ1n) is 10.2. The van der Waals surface area contributed by atoms with Crippen LogP contribution in [0.25, 0.3) is 11.1 Å². The normalized spacial score (nSPS) is 12.1. The predicted molar refractivity (Wildman–Crippen MR) is 121 cm³/mol. The monoisotopic (exact) mass is 424 g/mol. The first-order valence-corrected chi connectivity index (χ1v) is 11.2. The van der Waals surface area contributed by atoms with Crippen molar-refractivity contribution in [2.45, 2.75) is 51.3 Å².